The lowest BCUT2D eigenvalue weighted by atomic mass is 10.1. The van der Waals surface area contributed by atoms with Crippen LogP contribution in [0.15, 0.2) is 60.9 Å². The van der Waals surface area contributed by atoms with Gasteiger partial charge in [-0.1, -0.05) is 0 Å². The lowest BCUT2D eigenvalue weighted by Gasteiger charge is -2.28. The highest BCUT2D eigenvalue weighted by Gasteiger charge is 2.12. The number of nitrogens with zero attached hydrogens (tertiary/aromatic N) is 4. The molecule has 0 spiro atoms. The van der Waals surface area contributed by atoms with E-state index in [2.05, 4.69) is 32.3 Å². The van der Waals surface area contributed by atoms with E-state index in [4.69, 9.17) is 0 Å². The monoisotopic (exact) mass is 527 g/mol. The van der Waals surface area contributed by atoms with Crippen molar-refractivity contribution < 1.29 is 8.78 Å². The van der Waals surface area contributed by atoms with E-state index in [1.165, 1.54) is 31.0 Å². The smallest absolute Gasteiger partial charge is 0.229 e. The van der Waals surface area contributed by atoms with Gasteiger partial charge in [-0.3, -0.25) is 0 Å². The van der Waals surface area contributed by atoms with Gasteiger partial charge in [-0.15, -0.1) is 37.2 Å². The molecule has 3 heterocycles. The Labute approximate surface area is 215 Å². The summed E-state index contributed by atoms with van der Waals surface area (Å²) in [7, 11) is 0. The molecule has 5 rings (SSSR count). The Morgan fingerprint density at radius 3 is 2.35 bits per heavy atom. The second-order valence-corrected chi connectivity index (χ2v) is 7.87. The Morgan fingerprint density at radius 1 is 0.882 bits per heavy atom. The average Bonchev–Trinajstić information content (AvgIpc) is 3.19. The molecule has 34 heavy (non-hydrogen) atoms. The van der Waals surface area contributed by atoms with Gasteiger partial charge >= 0.3 is 0 Å². The number of hydrogen-bond acceptors (Lipinski definition) is 4. The lowest BCUT2D eigenvalue weighted by Crippen LogP contribution is -2.29. The minimum absolute atomic E-state index is 0. The number of piperidine rings is 1. The molecule has 4 aromatic rings. The summed E-state index contributed by atoms with van der Waals surface area (Å²) in [5.74, 6) is -0.444. The van der Waals surface area contributed by atoms with E-state index >= 15 is 0 Å². The van der Waals surface area contributed by atoms with Crippen molar-refractivity contribution in [2.45, 2.75) is 25.8 Å². The largest absolute Gasteiger partial charge is 0.372 e. The highest BCUT2D eigenvalue weighted by molar-refractivity contribution is 5.86. The fourth-order valence-electron chi connectivity index (χ4n) is 4.04. The molecule has 0 amide bonds. The number of rotatable bonds is 5. The minimum atomic E-state index is -0.460. The van der Waals surface area contributed by atoms with Crippen LogP contribution in [0.2, 0.25) is 0 Å². The van der Waals surface area contributed by atoms with Gasteiger partial charge in [0.15, 0.2) is 0 Å². The fourth-order valence-corrected chi connectivity index (χ4v) is 4.04. The zero-order chi connectivity index (χ0) is 21.2. The van der Waals surface area contributed by atoms with Gasteiger partial charge < -0.3 is 14.8 Å². The first kappa shape index (κ1) is 27.6. The molecule has 0 radical (unpaired) electrons. The van der Waals surface area contributed by atoms with Gasteiger partial charge in [-0.05, 0) is 67.8 Å². The molecule has 1 N–H and O–H groups in total. The van der Waals surface area contributed by atoms with Gasteiger partial charge in [0, 0.05) is 47.8 Å². The van der Waals surface area contributed by atoms with Gasteiger partial charge in [-0.2, -0.15) is 4.98 Å². The van der Waals surface area contributed by atoms with Crippen LogP contribution >= 0.6 is 37.2 Å². The molecule has 182 valence electrons. The summed E-state index contributed by atoms with van der Waals surface area (Å²) < 4.78 is 29.4. The van der Waals surface area contributed by atoms with Crippen molar-refractivity contribution in [1.82, 2.24) is 14.5 Å². The quantitative estimate of drug-likeness (QED) is 0.311. The molecule has 10 heteroatoms. The van der Waals surface area contributed by atoms with Crippen molar-refractivity contribution in [3.8, 4) is 0 Å². The van der Waals surface area contributed by atoms with E-state index in [1.54, 1.807) is 17.0 Å². The van der Waals surface area contributed by atoms with Crippen molar-refractivity contribution in [3.05, 3.63) is 78.1 Å². The van der Waals surface area contributed by atoms with Crippen LogP contribution < -0.4 is 10.2 Å². The molecule has 1 saturated heterocycles. The third-order valence-corrected chi connectivity index (χ3v) is 5.70. The number of nitrogens with one attached hydrogen (secondary N) is 1. The first-order valence-electron chi connectivity index (χ1n) is 10.5. The predicted molar refractivity (Wildman–Crippen MR) is 141 cm³/mol. The van der Waals surface area contributed by atoms with Gasteiger partial charge in [0.05, 0.1) is 6.54 Å². The standard InChI is InChI=1S/C24H23F2N5.3ClH/c25-19-4-9-22(26)18(14-19)16-31-13-10-17-15-27-24(29-23(17)31)28-20-5-7-21(8-6-20)30-11-2-1-3-12-30;;;/h4-10,13-15H,1-3,11-12,16H2,(H,27,28,29);3*1H. The van der Waals surface area contributed by atoms with Gasteiger partial charge in [0.2, 0.25) is 5.95 Å². The molecule has 0 aliphatic carbocycles. The van der Waals surface area contributed by atoms with E-state index in [-0.39, 0.29) is 49.3 Å². The number of benzene rings is 2. The summed E-state index contributed by atoms with van der Waals surface area (Å²) in [6.45, 7) is 2.40. The third-order valence-electron chi connectivity index (χ3n) is 5.70. The molecule has 0 bridgehead atoms. The maximum atomic E-state index is 14.1. The number of fused-ring (bicyclic) bond motifs is 1. The number of aromatic nitrogens is 3. The summed E-state index contributed by atoms with van der Waals surface area (Å²) in [4.78, 5) is 11.4. The highest BCUT2D eigenvalue weighted by Crippen LogP contribution is 2.24. The second kappa shape index (κ2) is 12.2. The first-order valence-corrected chi connectivity index (χ1v) is 10.5. The number of hydrogen-bond donors (Lipinski definition) is 1. The van der Waals surface area contributed by atoms with Crippen LogP contribution in [0.1, 0.15) is 24.8 Å². The predicted octanol–water partition coefficient (Wildman–Crippen LogP) is 6.76. The van der Waals surface area contributed by atoms with E-state index in [0.29, 0.717) is 11.6 Å². The van der Waals surface area contributed by atoms with Crippen LogP contribution in [-0.2, 0) is 6.54 Å². The molecule has 1 aliphatic rings. The van der Waals surface area contributed by atoms with Crippen molar-refractivity contribution in [2.24, 2.45) is 0 Å². The van der Waals surface area contributed by atoms with Crippen molar-refractivity contribution in [1.29, 1.82) is 0 Å². The van der Waals surface area contributed by atoms with Crippen LogP contribution in [0.3, 0.4) is 0 Å². The molecule has 0 unspecified atom stereocenters. The molecule has 1 aliphatic heterocycles. The Balaban J connectivity index is 0.00000136. The van der Waals surface area contributed by atoms with Crippen molar-refractivity contribution in [3.63, 3.8) is 0 Å². The average molecular weight is 529 g/mol. The number of anilines is 3. The number of halogens is 5. The van der Waals surface area contributed by atoms with Crippen LogP contribution in [0.25, 0.3) is 11.0 Å². The van der Waals surface area contributed by atoms with Gasteiger partial charge in [-0.25, -0.2) is 13.8 Å². The van der Waals surface area contributed by atoms with Crippen LogP contribution in [0.4, 0.5) is 26.1 Å². The van der Waals surface area contributed by atoms with E-state index in [0.717, 1.165) is 36.3 Å². The summed E-state index contributed by atoms with van der Waals surface area (Å²) in [6, 6.07) is 13.6. The summed E-state index contributed by atoms with van der Waals surface area (Å²) in [5, 5.41) is 4.08. The zero-order valence-corrected chi connectivity index (χ0v) is 20.7. The van der Waals surface area contributed by atoms with Gasteiger partial charge in [0.1, 0.15) is 17.3 Å². The summed E-state index contributed by atoms with van der Waals surface area (Å²) >= 11 is 0. The van der Waals surface area contributed by atoms with E-state index in [9.17, 15) is 8.78 Å². The summed E-state index contributed by atoms with van der Waals surface area (Å²) in [5.41, 5.74) is 3.06. The molecule has 1 fully saturated rings. The molecule has 5 nitrogen and oxygen atoms in total. The van der Waals surface area contributed by atoms with Crippen molar-refractivity contribution in [2.75, 3.05) is 23.3 Å². The Hall–Kier alpha value is -2.61. The van der Waals surface area contributed by atoms with Crippen LogP contribution in [0.5, 0.6) is 0 Å². The molecule has 0 saturated carbocycles. The van der Waals surface area contributed by atoms with Crippen LogP contribution in [0, 0.1) is 11.6 Å². The van der Waals surface area contributed by atoms with E-state index in [1.807, 2.05) is 18.2 Å². The Bertz CT molecular complexity index is 1210. The lowest BCUT2D eigenvalue weighted by molar-refractivity contribution is 0.578. The maximum absolute atomic E-state index is 14.1. The minimum Gasteiger partial charge on any atom is -0.372 e. The van der Waals surface area contributed by atoms with Crippen molar-refractivity contribution >= 4 is 65.6 Å². The molecule has 2 aromatic carbocycles. The maximum Gasteiger partial charge on any atom is 0.229 e. The van der Waals surface area contributed by atoms with Gasteiger partial charge in [0.25, 0.3) is 0 Å². The molecule has 2 aromatic heterocycles. The normalized spacial score (nSPS) is 12.9. The van der Waals surface area contributed by atoms with E-state index < -0.39 is 11.6 Å². The molecule has 0 atom stereocenters. The van der Waals surface area contributed by atoms with Crippen LogP contribution in [-0.4, -0.2) is 27.6 Å². The molecular formula is C24H26Cl3F2N5. The first-order chi connectivity index (χ1) is 15.2. The second-order valence-electron chi connectivity index (χ2n) is 7.87. The molecular weight excluding hydrogens is 503 g/mol. The highest BCUT2D eigenvalue weighted by atomic mass is 35.5. The fraction of sp³-hybridized carbons (Fsp3) is 0.250. The SMILES string of the molecule is Cl.Cl.Cl.Fc1ccc(F)c(Cn2ccc3cnc(Nc4ccc(N5CCCCC5)cc4)nc32)c1. The summed E-state index contributed by atoms with van der Waals surface area (Å²) in [6.07, 6.45) is 7.33. The Kier molecular flexibility index (Phi) is 9.91. The topological polar surface area (TPSA) is 46.0 Å². The third kappa shape index (κ3) is 6.09. The Morgan fingerprint density at radius 2 is 1.62 bits per heavy atom. The zero-order valence-electron chi connectivity index (χ0n) is 18.3.